The number of nitrogens with one attached hydrogen (secondary N) is 1. The van der Waals surface area contributed by atoms with E-state index >= 15 is 0 Å². The molecule has 0 aromatic heterocycles. The molecule has 0 radical (unpaired) electrons. The fourth-order valence-corrected chi connectivity index (χ4v) is 4.66. The summed E-state index contributed by atoms with van der Waals surface area (Å²) in [5.41, 5.74) is 0. The van der Waals surface area contributed by atoms with E-state index in [0.29, 0.717) is 29.7 Å². The molecule has 2 rings (SSSR count). The molecule has 2 aliphatic rings. The minimum Gasteiger partial charge on any atom is -0.353 e. The molecule has 0 unspecified atom stereocenters. The Hall–Kier alpha value is -0.530. The van der Waals surface area contributed by atoms with Gasteiger partial charge in [-0.05, 0) is 48.9 Å². The summed E-state index contributed by atoms with van der Waals surface area (Å²) in [5.74, 6) is 3.78. The van der Waals surface area contributed by atoms with E-state index in [4.69, 9.17) is 0 Å². The van der Waals surface area contributed by atoms with Crippen LogP contribution in [0.3, 0.4) is 0 Å². The maximum absolute atomic E-state index is 12.5. The van der Waals surface area contributed by atoms with Crippen LogP contribution in [0.5, 0.6) is 0 Å². The third-order valence-corrected chi connectivity index (χ3v) is 6.33. The van der Waals surface area contributed by atoms with E-state index in [2.05, 4.69) is 33.0 Å². The van der Waals surface area contributed by atoms with Gasteiger partial charge in [0.15, 0.2) is 0 Å². The molecule has 0 aromatic carbocycles. The standard InChI is InChI=1S/C19H35NO/c1-13(2)17-11-10-14(3)15(4)18(17)12-19(21)20-16-8-6-5-7-9-16/h13-18H,5-12H2,1-4H3,(H,20,21)/t14-,15-,17+,18-/m1/s1. The highest BCUT2D eigenvalue weighted by Crippen LogP contribution is 2.43. The van der Waals surface area contributed by atoms with Crippen molar-refractivity contribution in [3.8, 4) is 0 Å². The zero-order valence-electron chi connectivity index (χ0n) is 14.5. The first-order valence-electron chi connectivity index (χ1n) is 9.28. The Morgan fingerprint density at radius 2 is 1.71 bits per heavy atom. The molecule has 122 valence electrons. The van der Waals surface area contributed by atoms with Crippen LogP contribution in [0.2, 0.25) is 0 Å². The summed E-state index contributed by atoms with van der Waals surface area (Å²) in [6, 6.07) is 0.458. The average Bonchev–Trinajstić information content (AvgIpc) is 2.44. The number of hydrogen-bond donors (Lipinski definition) is 1. The smallest absolute Gasteiger partial charge is 0.220 e. The Bertz CT molecular complexity index is 332. The van der Waals surface area contributed by atoms with Gasteiger partial charge in [-0.3, -0.25) is 4.79 Å². The maximum Gasteiger partial charge on any atom is 0.220 e. The van der Waals surface area contributed by atoms with Gasteiger partial charge in [-0.1, -0.05) is 53.4 Å². The number of amides is 1. The van der Waals surface area contributed by atoms with Crippen LogP contribution in [0.4, 0.5) is 0 Å². The molecule has 0 bridgehead atoms. The molecule has 2 fully saturated rings. The molecule has 0 spiro atoms. The maximum atomic E-state index is 12.5. The highest BCUT2D eigenvalue weighted by molar-refractivity contribution is 5.76. The van der Waals surface area contributed by atoms with Crippen molar-refractivity contribution in [2.75, 3.05) is 0 Å². The Labute approximate surface area is 131 Å². The summed E-state index contributed by atoms with van der Waals surface area (Å²) in [4.78, 5) is 12.5. The molecular formula is C19H35NO. The molecule has 0 heterocycles. The van der Waals surface area contributed by atoms with Crippen molar-refractivity contribution in [2.45, 2.75) is 85.1 Å². The molecule has 0 aliphatic heterocycles. The molecule has 2 saturated carbocycles. The lowest BCUT2D eigenvalue weighted by Gasteiger charge is -2.42. The van der Waals surface area contributed by atoms with Crippen molar-refractivity contribution in [1.29, 1.82) is 0 Å². The second kappa shape index (κ2) is 7.65. The zero-order chi connectivity index (χ0) is 15.4. The Morgan fingerprint density at radius 1 is 1.05 bits per heavy atom. The molecule has 2 heteroatoms. The quantitative estimate of drug-likeness (QED) is 0.794. The van der Waals surface area contributed by atoms with Gasteiger partial charge in [-0.2, -0.15) is 0 Å². The predicted molar refractivity (Wildman–Crippen MR) is 89.0 cm³/mol. The Kier molecular flexibility index (Phi) is 6.13. The van der Waals surface area contributed by atoms with Crippen LogP contribution in [-0.4, -0.2) is 11.9 Å². The van der Waals surface area contributed by atoms with Gasteiger partial charge in [0.25, 0.3) is 0 Å². The highest BCUT2D eigenvalue weighted by atomic mass is 16.1. The molecular weight excluding hydrogens is 258 g/mol. The van der Waals surface area contributed by atoms with Crippen molar-refractivity contribution < 1.29 is 4.79 Å². The normalized spacial score (nSPS) is 34.9. The number of carbonyl (C=O) groups excluding carboxylic acids is 1. The van der Waals surface area contributed by atoms with Crippen LogP contribution >= 0.6 is 0 Å². The van der Waals surface area contributed by atoms with Crippen molar-refractivity contribution in [2.24, 2.45) is 29.6 Å². The van der Waals surface area contributed by atoms with E-state index in [9.17, 15) is 4.79 Å². The summed E-state index contributed by atoms with van der Waals surface area (Å²) in [6.45, 7) is 9.41. The topological polar surface area (TPSA) is 29.1 Å². The van der Waals surface area contributed by atoms with Crippen LogP contribution in [0.25, 0.3) is 0 Å². The van der Waals surface area contributed by atoms with Gasteiger partial charge in [0.1, 0.15) is 0 Å². The molecule has 21 heavy (non-hydrogen) atoms. The first kappa shape index (κ1) is 16.8. The van der Waals surface area contributed by atoms with E-state index < -0.39 is 0 Å². The Morgan fingerprint density at radius 3 is 2.33 bits per heavy atom. The molecule has 1 amide bonds. The fraction of sp³-hybridized carbons (Fsp3) is 0.947. The average molecular weight is 293 g/mol. The Balaban J connectivity index is 1.91. The summed E-state index contributed by atoms with van der Waals surface area (Å²) < 4.78 is 0. The first-order chi connectivity index (χ1) is 9.99. The summed E-state index contributed by atoms with van der Waals surface area (Å²) in [5, 5.41) is 3.32. The van der Waals surface area contributed by atoms with Gasteiger partial charge in [-0.15, -0.1) is 0 Å². The zero-order valence-corrected chi connectivity index (χ0v) is 14.5. The fourth-order valence-electron chi connectivity index (χ4n) is 4.66. The largest absolute Gasteiger partial charge is 0.353 e. The lowest BCUT2D eigenvalue weighted by atomic mass is 9.63. The third kappa shape index (κ3) is 4.47. The second-order valence-electron chi connectivity index (χ2n) is 8.09. The van der Waals surface area contributed by atoms with Gasteiger partial charge in [0.05, 0.1) is 0 Å². The molecule has 0 aromatic rings. The molecule has 2 aliphatic carbocycles. The third-order valence-electron chi connectivity index (χ3n) is 6.33. The van der Waals surface area contributed by atoms with Gasteiger partial charge in [0, 0.05) is 12.5 Å². The number of hydrogen-bond acceptors (Lipinski definition) is 1. The van der Waals surface area contributed by atoms with E-state index in [1.807, 2.05) is 0 Å². The van der Waals surface area contributed by atoms with Gasteiger partial charge in [0.2, 0.25) is 5.91 Å². The lowest BCUT2D eigenvalue weighted by Crippen LogP contribution is -2.41. The first-order valence-corrected chi connectivity index (χ1v) is 9.28. The van der Waals surface area contributed by atoms with Crippen molar-refractivity contribution >= 4 is 5.91 Å². The van der Waals surface area contributed by atoms with E-state index in [0.717, 1.165) is 18.3 Å². The SMILES string of the molecule is CC(C)[C@@H]1CC[C@@H](C)[C@@H](C)[C@H]1CC(=O)NC1CCCCC1. The van der Waals surface area contributed by atoms with Crippen LogP contribution in [-0.2, 0) is 4.79 Å². The van der Waals surface area contributed by atoms with E-state index in [1.54, 1.807) is 0 Å². The van der Waals surface area contributed by atoms with Gasteiger partial charge >= 0.3 is 0 Å². The lowest BCUT2D eigenvalue weighted by molar-refractivity contribution is -0.124. The van der Waals surface area contributed by atoms with Crippen LogP contribution < -0.4 is 5.32 Å². The van der Waals surface area contributed by atoms with Crippen LogP contribution in [0.15, 0.2) is 0 Å². The van der Waals surface area contributed by atoms with E-state index in [1.165, 1.54) is 44.9 Å². The summed E-state index contributed by atoms with van der Waals surface area (Å²) in [7, 11) is 0. The van der Waals surface area contributed by atoms with Crippen LogP contribution in [0, 0.1) is 29.6 Å². The summed E-state index contributed by atoms with van der Waals surface area (Å²) in [6.07, 6.45) is 9.71. The monoisotopic (exact) mass is 293 g/mol. The molecule has 4 atom stereocenters. The van der Waals surface area contributed by atoms with Crippen molar-refractivity contribution in [1.82, 2.24) is 5.32 Å². The van der Waals surface area contributed by atoms with Gasteiger partial charge in [-0.25, -0.2) is 0 Å². The minimum atomic E-state index is 0.318. The number of carbonyl (C=O) groups is 1. The molecule has 0 saturated heterocycles. The molecule has 2 nitrogen and oxygen atoms in total. The van der Waals surface area contributed by atoms with E-state index in [-0.39, 0.29) is 0 Å². The van der Waals surface area contributed by atoms with Gasteiger partial charge < -0.3 is 5.32 Å². The van der Waals surface area contributed by atoms with Crippen molar-refractivity contribution in [3.63, 3.8) is 0 Å². The van der Waals surface area contributed by atoms with Crippen LogP contribution in [0.1, 0.15) is 79.1 Å². The predicted octanol–water partition coefficient (Wildman–Crippen LogP) is 4.78. The minimum absolute atomic E-state index is 0.318. The summed E-state index contributed by atoms with van der Waals surface area (Å²) >= 11 is 0. The second-order valence-corrected chi connectivity index (χ2v) is 8.09. The number of rotatable bonds is 4. The van der Waals surface area contributed by atoms with Crippen molar-refractivity contribution in [3.05, 3.63) is 0 Å². The molecule has 1 N–H and O–H groups in total. The highest BCUT2D eigenvalue weighted by Gasteiger charge is 2.37.